The molecule has 182 valence electrons. The van der Waals surface area contributed by atoms with E-state index in [-0.39, 0.29) is 17.4 Å². The molecule has 2 saturated heterocycles. The lowest BCUT2D eigenvalue weighted by molar-refractivity contribution is -0.0287. The maximum Gasteiger partial charge on any atom is 0.291 e. The quantitative estimate of drug-likeness (QED) is 0.610. The first kappa shape index (κ1) is 24.2. The number of benzene rings is 1. The summed E-state index contributed by atoms with van der Waals surface area (Å²) in [5, 5.41) is 12.0. The first-order valence-corrected chi connectivity index (χ1v) is 12.4. The van der Waals surface area contributed by atoms with Crippen molar-refractivity contribution >= 4 is 17.3 Å². The van der Waals surface area contributed by atoms with Crippen LogP contribution in [0.5, 0.6) is 0 Å². The van der Waals surface area contributed by atoms with Crippen molar-refractivity contribution in [2.24, 2.45) is 5.92 Å². The Morgan fingerprint density at radius 1 is 1.26 bits per heavy atom. The zero-order valence-corrected chi connectivity index (χ0v) is 20.6. The van der Waals surface area contributed by atoms with Crippen LogP contribution >= 0.6 is 0 Å². The topological polar surface area (TPSA) is 97.3 Å². The summed E-state index contributed by atoms with van der Waals surface area (Å²) in [5.74, 6) is 0.474. The Morgan fingerprint density at radius 3 is 2.68 bits per heavy atom. The lowest BCUT2D eigenvalue weighted by atomic mass is 9.94. The van der Waals surface area contributed by atoms with E-state index >= 15 is 0 Å². The number of piperidine rings is 1. The molecule has 0 bridgehead atoms. The summed E-state index contributed by atoms with van der Waals surface area (Å²) in [7, 11) is 0. The van der Waals surface area contributed by atoms with Gasteiger partial charge in [0, 0.05) is 19.6 Å². The highest BCUT2D eigenvalue weighted by Crippen LogP contribution is 2.35. The van der Waals surface area contributed by atoms with Gasteiger partial charge in [0.2, 0.25) is 0 Å². The lowest BCUT2D eigenvalue weighted by Gasteiger charge is -2.35. The van der Waals surface area contributed by atoms with Crippen molar-refractivity contribution in [3.05, 3.63) is 41.5 Å². The second kappa shape index (κ2) is 10.6. The zero-order valence-electron chi connectivity index (χ0n) is 20.6. The molecule has 4 rings (SSSR count). The molecule has 8 nitrogen and oxygen atoms in total. The summed E-state index contributed by atoms with van der Waals surface area (Å²) in [6.07, 6.45) is 6.18. The van der Waals surface area contributed by atoms with Crippen molar-refractivity contribution in [3.8, 4) is 6.07 Å². The first-order chi connectivity index (χ1) is 16.4. The largest absolute Gasteiger partial charge is 0.370 e. The van der Waals surface area contributed by atoms with Crippen LogP contribution in [0.4, 0.5) is 11.4 Å². The number of aromatic amines is 1. The van der Waals surface area contributed by atoms with Crippen LogP contribution < -0.4 is 10.2 Å². The highest BCUT2D eigenvalue weighted by Gasteiger charge is 2.26. The van der Waals surface area contributed by atoms with Gasteiger partial charge >= 0.3 is 0 Å². The van der Waals surface area contributed by atoms with Crippen LogP contribution in [0.25, 0.3) is 0 Å². The fourth-order valence-electron chi connectivity index (χ4n) is 4.72. The van der Waals surface area contributed by atoms with E-state index in [1.54, 1.807) is 0 Å². The van der Waals surface area contributed by atoms with E-state index in [4.69, 9.17) is 10.00 Å². The molecule has 0 saturated carbocycles. The minimum atomic E-state index is -0.442. The molecule has 1 amide bonds. The minimum absolute atomic E-state index is 0.129. The monoisotopic (exact) mass is 464 g/mol. The highest BCUT2D eigenvalue weighted by atomic mass is 16.5. The van der Waals surface area contributed by atoms with E-state index in [1.807, 2.05) is 18.2 Å². The van der Waals surface area contributed by atoms with E-state index in [1.165, 1.54) is 32.1 Å². The molecule has 1 aromatic heterocycles. The van der Waals surface area contributed by atoms with Crippen molar-refractivity contribution in [1.29, 1.82) is 5.26 Å². The molecule has 1 aromatic carbocycles. The number of nitriles is 1. The fraction of sp³-hybridized carbons (Fsp3) is 0.577. The molecule has 2 aromatic rings. The Morgan fingerprint density at radius 2 is 2.00 bits per heavy atom. The van der Waals surface area contributed by atoms with Crippen molar-refractivity contribution in [3.63, 3.8) is 0 Å². The molecule has 34 heavy (non-hydrogen) atoms. The van der Waals surface area contributed by atoms with Crippen LogP contribution in [0.2, 0.25) is 0 Å². The van der Waals surface area contributed by atoms with Crippen LogP contribution in [-0.4, -0.2) is 60.1 Å². The van der Waals surface area contributed by atoms with E-state index in [2.05, 4.69) is 51.9 Å². The number of rotatable bonds is 8. The van der Waals surface area contributed by atoms with Crippen molar-refractivity contribution in [2.45, 2.75) is 52.1 Å². The summed E-state index contributed by atoms with van der Waals surface area (Å²) in [4.78, 5) is 24.4. The maximum atomic E-state index is 12.8. The fourth-order valence-corrected chi connectivity index (χ4v) is 4.72. The van der Waals surface area contributed by atoms with Crippen LogP contribution in [-0.2, 0) is 10.3 Å². The van der Waals surface area contributed by atoms with Gasteiger partial charge in [-0.2, -0.15) is 5.26 Å². The lowest BCUT2D eigenvalue weighted by Crippen LogP contribution is -2.34. The molecular formula is C26H36N6O2. The Kier molecular flexibility index (Phi) is 7.54. The average molecular weight is 465 g/mol. The zero-order chi connectivity index (χ0) is 24.1. The molecule has 2 aliphatic rings. The van der Waals surface area contributed by atoms with E-state index in [9.17, 15) is 4.79 Å². The van der Waals surface area contributed by atoms with Gasteiger partial charge in [-0.05, 0) is 76.2 Å². The number of imidazole rings is 1. The number of amides is 1. The Labute approximate surface area is 202 Å². The smallest absolute Gasteiger partial charge is 0.291 e. The molecule has 3 heterocycles. The van der Waals surface area contributed by atoms with Crippen LogP contribution in [0, 0.1) is 17.2 Å². The van der Waals surface area contributed by atoms with Gasteiger partial charge < -0.3 is 24.8 Å². The Bertz CT molecular complexity index is 1030. The predicted molar refractivity (Wildman–Crippen MR) is 133 cm³/mol. The third-order valence-electron chi connectivity index (χ3n) is 7.05. The van der Waals surface area contributed by atoms with Gasteiger partial charge in [0.25, 0.3) is 5.91 Å². The molecule has 0 aliphatic carbocycles. The summed E-state index contributed by atoms with van der Waals surface area (Å²) >= 11 is 0. The summed E-state index contributed by atoms with van der Waals surface area (Å²) in [5.41, 5.74) is 2.65. The third-order valence-corrected chi connectivity index (χ3v) is 7.05. The highest BCUT2D eigenvalue weighted by molar-refractivity contribution is 6.03. The second-order valence-electron chi connectivity index (χ2n) is 10.0. The number of H-pyrrole nitrogens is 1. The molecule has 2 aliphatic heterocycles. The van der Waals surface area contributed by atoms with Gasteiger partial charge in [-0.15, -0.1) is 0 Å². The average Bonchev–Trinajstić information content (AvgIpc) is 3.52. The number of aromatic nitrogens is 2. The molecule has 0 radical (unpaired) electrons. The Balaban J connectivity index is 1.53. The number of hydrogen-bond donors (Lipinski definition) is 2. The van der Waals surface area contributed by atoms with Crippen molar-refractivity contribution < 1.29 is 9.53 Å². The number of carbonyl (C=O) groups excluding carboxylic acids is 1. The van der Waals surface area contributed by atoms with E-state index in [0.29, 0.717) is 12.5 Å². The van der Waals surface area contributed by atoms with Gasteiger partial charge in [-0.3, -0.25) is 4.79 Å². The van der Waals surface area contributed by atoms with Gasteiger partial charge in [-0.1, -0.05) is 13.0 Å². The SMILES string of the molecule is CC1CCN(c2cc(C(C)(C)OCCN3CCCC3)ccc2NC(=O)c2ncc(C#N)[nH]2)CC1. The van der Waals surface area contributed by atoms with Gasteiger partial charge in [0.1, 0.15) is 11.8 Å². The summed E-state index contributed by atoms with van der Waals surface area (Å²) in [6.45, 7) is 12.4. The number of nitrogens with zero attached hydrogens (tertiary/aromatic N) is 4. The summed E-state index contributed by atoms with van der Waals surface area (Å²) < 4.78 is 6.35. The van der Waals surface area contributed by atoms with Crippen molar-refractivity contribution in [1.82, 2.24) is 14.9 Å². The molecule has 0 atom stereocenters. The van der Waals surface area contributed by atoms with Gasteiger partial charge in [0.15, 0.2) is 5.82 Å². The summed E-state index contributed by atoms with van der Waals surface area (Å²) in [6, 6.07) is 8.12. The third kappa shape index (κ3) is 5.78. The van der Waals surface area contributed by atoms with Gasteiger partial charge in [0.05, 0.1) is 29.8 Å². The van der Waals surface area contributed by atoms with Crippen LogP contribution in [0.15, 0.2) is 24.4 Å². The first-order valence-electron chi connectivity index (χ1n) is 12.4. The number of nitrogens with one attached hydrogen (secondary N) is 2. The molecule has 2 N–H and O–H groups in total. The molecule has 0 spiro atoms. The second-order valence-corrected chi connectivity index (χ2v) is 10.0. The number of carbonyl (C=O) groups is 1. The Hall–Kier alpha value is -2.89. The normalized spacial score (nSPS) is 17.6. The van der Waals surface area contributed by atoms with Gasteiger partial charge in [-0.25, -0.2) is 4.98 Å². The standard InChI is InChI=1S/C26H36N6O2/c1-19-8-12-32(13-9-19)23-16-20(26(2,3)34-15-14-31-10-4-5-11-31)6-7-22(23)30-25(33)24-28-18-21(17-27)29-24/h6-7,16,18-19H,4-5,8-15H2,1-3H3,(H,28,29)(H,30,33). The molecule has 0 unspecified atom stereocenters. The number of anilines is 2. The number of likely N-dealkylation sites (tertiary alicyclic amines) is 1. The van der Waals surface area contributed by atoms with Crippen LogP contribution in [0.1, 0.15) is 68.3 Å². The minimum Gasteiger partial charge on any atom is -0.370 e. The molecular weight excluding hydrogens is 428 g/mol. The maximum absolute atomic E-state index is 12.8. The van der Waals surface area contributed by atoms with Crippen LogP contribution in [0.3, 0.4) is 0 Å². The molecule has 8 heteroatoms. The number of hydrogen-bond acceptors (Lipinski definition) is 6. The predicted octanol–water partition coefficient (Wildman–Crippen LogP) is 4.12. The van der Waals surface area contributed by atoms with Crippen molar-refractivity contribution in [2.75, 3.05) is 49.5 Å². The molecule has 2 fully saturated rings. The number of ether oxygens (including phenoxy) is 1. The van der Waals surface area contributed by atoms with E-state index in [0.717, 1.165) is 49.4 Å². The van der Waals surface area contributed by atoms with E-state index < -0.39 is 5.60 Å².